The molecule has 0 unspecified atom stereocenters. The predicted octanol–water partition coefficient (Wildman–Crippen LogP) is 4.59. The second kappa shape index (κ2) is 5.78. The smallest absolute Gasteiger partial charge is 0.434 e. The molecule has 0 aliphatic rings. The van der Waals surface area contributed by atoms with Gasteiger partial charge in [0.1, 0.15) is 0 Å². The quantitative estimate of drug-likeness (QED) is 0.680. The fourth-order valence-corrected chi connectivity index (χ4v) is 2.43. The molecule has 0 atom stereocenters. The van der Waals surface area contributed by atoms with E-state index in [2.05, 4.69) is 10.3 Å². The van der Waals surface area contributed by atoms with Crippen molar-refractivity contribution in [3.05, 3.63) is 70.7 Å². The number of amides is 1. The molecule has 3 aromatic rings. The van der Waals surface area contributed by atoms with Crippen LogP contribution in [0.25, 0.3) is 15.7 Å². The molecule has 3 aromatic carbocycles. The standard InChI is InChI=1S/C18H13N3O2/c1-11-6-8-13(9-7-11)20-18(23)15-10-12-4-2-3-5-14(12)16(21-19)17(15)22/h2-10H,1H3,(H-,20,22,23)/p+1. The molecule has 0 aromatic heterocycles. The van der Waals surface area contributed by atoms with E-state index >= 15 is 0 Å². The van der Waals surface area contributed by atoms with E-state index in [-0.39, 0.29) is 17.0 Å². The zero-order valence-corrected chi connectivity index (χ0v) is 12.4. The van der Waals surface area contributed by atoms with Gasteiger partial charge < -0.3 is 10.4 Å². The van der Waals surface area contributed by atoms with E-state index < -0.39 is 5.91 Å². The Morgan fingerprint density at radius 3 is 2.52 bits per heavy atom. The summed E-state index contributed by atoms with van der Waals surface area (Å²) >= 11 is 0. The van der Waals surface area contributed by atoms with Crippen molar-refractivity contribution >= 4 is 28.1 Å². The van der Waals surface area contributed by atoms with Crippen molar-refractivity contribution < 1.29 is 9.90 Å². The molecular formula is C18H14N3O2+. The Bertz CT molecular complexity index is 941. The SMILES string of the molecule is Cc1ccc(NC(=O)c2cc3ccccc3c([N+]#N)c2O)cc1. The van der Waals surface area contributed by atoms with Crippen molar-refractivity contribution in [1.29, 1.82) is 5.39 Å². The van der Waals surface area contributed by atoms with Crippen LogP contribution < -0.4 is 5.32 Å². The minimum absolute atomic E-state index is 0.0165. The molecule has 0 heterocycles. The van der Waals surface area contributed by atoms with Crippen LogP contribution in [0.15, 0.2) is 54.6 Å². The van der Waals surface area contributed by atoms with Crippen molar-refractivity contribution in [3.63, 3.8) is 0 Å². The van der Waals surface area contributed by atoms with E-state index in [0.717, 1.165) is 5.56 Å². The van der Waals surface area contributed by atoms with Gasteiger partial charge >= 0.3 is 5.69 Å². The van der Waals surface area contributed by atoms with Gasteiger partial charge in [0.25, 0.3) is 5.91 Å². The van der Waals surface area contributed by atoms with Gasteiger partial charge in [-0.3, -0.25) is 4.79 Å². The zero-order valence-electron chi connectivity index (χ0n) is 12.4. The number of rotatable bonds is 2. The lowest BCUT2D eigenvalue weighted by molar-refractivity contribution is 0.102. The number of hydrogen-bond acceptors (Lipinski definition) is 3. The molecule has 0 fully saturated rings. The largest absolute Gasteiger partial charge is 0.501 e. The highest BCUT2D eigenvalue weighted by Gasteiger charge is 2.26. The first-order valence-electron chi connectivity index (χ1n) is 7.08. The number of phenolic OH excluding ortho intramolecular Hbond substituents is 1. The predicted molar refractivity (Wildman–Crippen MR) is 89.5 cm³/mol. The summed E-state index contributed by atoms with van der Waals surface area (Å²) in [4.78, 5) is 15.6. The van der Waals surface area contributed by atoms with Crippen molar-refractivity contribution in [1.82, 2.24) is 0 Å². The second-order valence-electron chi connectivity index (χ2n) is 5.26. The fourth-order valence-electron chi connectivity index (χ4n) is 2.43. The van der Waals surface area contributed by atoms with Crippen LogP contribution in [0.4, 0.5) is 11.4 Å². The van der Waals surface area contributed by atoms with Crippen molar-refractivity contribution in [2.75, 3.05) is 5.32 Å². The Morgan fingerprint density at radius 1 is 1.13 bits per heavy atom. The fraction of sp³-hybridized carbons (Fsp3) is 0.0556. The molecule has 5 nitrogen and oxygen atoms in total. The normalized spacial score (nSPS) is 10.3. The van der Waals surface area contributed by atoms with Crippen LogP contribution in [0, 0.1) is 12.3 Å². The lowest BCUT2D eigenvalue weighted by Crippen LogP contribution is -2.12. The highest BCUT2D eigenvalue weighted by molar-refractivity contribution is 6.12. The van der Waals surface area contributed by atoms with Gasteiger partial charge in [-0.15, -0.1) is 0 Å². The highest BCUT2D eigenvalue weighted by atomic mass is 16.3. The van der Waals surface area contributed by atoms with Gasteiger partial charge in [-0.2, -0.15) is 0 Å². The Labute approximate surface area is 132 Å². The van der Waals surface area contributed by atoms with Gasteiger partial charge in [-0.1, -0.05) is 35.9 Å². The lowest BCUT2D eigenvalue weighted by Gasteiger charge is -2.07. The van der Waals surface area contributed by atoms with E-state index in [4.69, 9.17) is 0 Å². The summed E-state index contributed by atoms with van der Waals surface area (Å²) in [5.74, 6) is -0.821. The number of carbonyl (C=O) groups is 1. The van der Waals surface area contributed by atoms with Crippen molar-refractivity contribution in [3.8, 4) is 5.75 Å². The molecule has 0 aliphatic heterocycles. The third-order valence-electron chi connectivity index (χ3n) is 3.65. The van der Waals surface area contributed by atoms with Gasteiger partial charge in [-0.25, -0.2) is 0 Å². The van der Waals surface area contributed by atoms with E-state index in [1.807, 2.05) is 25.1 Å². The lowest BCUT2D eigenvalue weighted by atomic mass is 10.0. The Hall–Kier alpha value is -3.39. The molecule has 2 N–H and O–H groups in total. The highest BCUT2D eigenvalue weighted by Crippen LogP contribution is 2.38. The number of nitrogens with one attached hydrogen (secondary N) is 1. The van der Waals surface area contributed by atoms with Gasteiger partial charge in [0.2, 0.25) is 11.1 Å². The summed E-state index contributed by atoms with van der Waals surface area (Å²) in [5, 5.41) is 23.4. The summed E-state index contributed by atoms with van der Waals surface area (Å²) in [5.41, 5.74) is 1.74. The summed E-state index contributed by atoms with van der Waals surface area (Å²) in [6.07, 6.45) is 0. The molecule has 23 heavy (non-hydrogen) atoms. The molecule has 3 rings (SSSR count). The topological polar surface area (TPSA) is 77.5 Å². The maximum atomic E-state index is 12.4. The number of nitrogens with zero attached hydrogens (tertiary/aromatic N) is 2. The molecule has 0 saturated carbocycles. The summed E-state index contributed by atoms with van der Waals surface area (Å²) in [6.45, 7) is 1.95. The number of hydrogen-bond donors (Lipinski definition) is 2. The van der Waals surface area contributed by atoms with Crippen LogP contribution in [0.5, 0.6) is 5.75 Å². The van der Waals surface area contributed by atoms with Gasteiger partial charge in [0.15, 0.2) is 4.98 Å². The number of benzene rings is 3. The zero-order chi connectivity index (χ0) is 16.4. The number of aromatic hydroxyl groups is 1. The van der Waals surface area contributed by atoms with E-state index in [9.17, 15) is 15.3 Å². The molecule has 0 bridgehead atoms. The number of phenols is 1. The van der Waals surface area contributed by atoms with Gasteiger partial charge in [0.05, 0.1) is 10.9 Å². The molecule has 5 heteroatoms. The van der Waals surface area contributed by atoms with Crippen LogP contribution in [-0.2, 0) is 0 Å². The first kappa shape index (κ1) is 14.5. The van der Waals surface area contributed by atoms with Crippen molar-refractivity contribution in [2.24, 2.45) is 0 Å². The molecule has 0 radical (unpaired) electrons. The van der Waals surface area contributed by atoms with E-state index in [1.165, 1.54) is 0 Å². The monoisotopic (exact) mass is 304 g/mol. The molecule has 0 aliphatic carbocycles. The Kier molecular flexibility index (Phi) is 3.65. The number of diazo groups is 1. The van der Waals surface area contributed by atoms with Crippen LogP contribution in [0.2, 0.25) is 0 Å². The number of fused-ring (bicyclic) bond motifs is 1. The minimum atomic E-state index is -0.470. The maximum absolute atomic E-state index is 12.4. The van der Waals surface area contributed by atoms with Gasteiger partial charge in [0, 0.05) is 5.69 Å². The molecule has 1 amide bonds. The third-order valence-corrected chi connectivity index (χ3v) is 3.65. The average Bonchev–Trinajstić information content (AvgIpc) is 2.56. The van der Waals surface area contributed by atoms with E-state index in [1.54, 1.807) is 36.4 Å². The van der Waals surface area contributed by atoms with Crippen LogP contribution >= 0.6 is 0 Å². The van der Waals surface area contributed by atoms with Crippen LogP contribution in [-0.4, -0.2) is 11.0 Å². The third kappa shape index (κ3) is 2.70. The van der Waals surface area contributed by atoms with Gasteiger partial charge in [-0.05, 0) is 36.6 Å². The second-order valence-corrected chi connectivity index (χ2v) is 5.26. The Morgan fingerprint density at radius 2 is 1.83 bits per heavy atom. The summed E-state index contributed by atoms with van der Waals surface area (Å²) in [7, 11) is 0. The minimum Gasteiger partial charge on any atom is -0.501 e. The molecule has 0 saturated heterocycles. The summed E-state index contributed by atoms with van der Waals surface area (Å²) in [6, 6.07) is 16.0. The van der Waals surface area contributed by atoms with Crippen LogP contribution in [0.3, 0.4) is 0 Å². The first-order chi connectivity index (χ1) is 11.1. The number of carbonyl (C=O) groups excluding carboxylic acids is 1. The molecular weight excluding hydrogens is 290 g/mol. The number of aryl methyl sites for hydroxylation is 1. The van der Waals surface area contributed by atoms with Crippen molar-refractivity contribution in [2.45, 2.75) is 6.92 Å². The molecule has 0 spiro atoms. The first-order valence-corrected chi connectivity index (χ1v) is 7.08. The summed E-state index contributed by atoms with van der Waals surface area (Å²) < 4.78 is 0. The average molecular weight is 304 g/mol. The Balaban J connectivity index is 2.05. The number of anilines is 1. The molecule has 112 valence electrons. The van der Waals surface area contributed by atoms with Crippen LogP contribution in [0.1, 0.15) is 15.9 Å². The maximum Gasteiger partial charge on any atom is 0.434 e. The van der Waals surface area contributed by atoms with E-state index in [0.29, 0.717) is 16.5 Å².